The van der Waals surface area contributed by atoms with Gasteiger partial charge in [0.15, 0.2) is 11.8 Å². The number of nitrogens with one attached hydrogen (secondary N) is 2. The Morgan fingerprint density at radius 3 is 2.64 bits per heavy atom. The molecule has 7 heteroatoms. The molecule has 0 saturated carbocycles. The number of aromatic nitrogens is 3. The number of para-hydroxylation sites is 1. The molecule has 0 aliphatic carbocycles. The molecule has 2 aromatic carbocycles. The van der Waals surface area contributed by atoms with Gasteiger partial charge in [-0.25, -0.2) is 0 Å². The summed E-state index contributed by atoms with van der Waals surface area (Å²) in [4.78, 5) is 4.23. The number of nitrogens with zero attached hydrogens (tertiary/aromatic N) is 4. The molecule has 3 aromatic rings. The Bertz CT molecular complexity index is 844. The van der Waals surface area contributed by atoms with Gasteiger partial charge in [0.1, 0.15) is 6.33 Å². The molecule has 1 aromatic heterocycles. The van der Waals surface area contributed by atoms with Crippen molar-refractivity contribution in [2.75, 3.05) is 7.05 Å². The van der Waals surface area contributed by atoms with Crippen molar-refractivity contribution in [3.05, 3.63) is 77.3 Å². The molecule has 0 fully saturated rings. The fraction of sp³-hybridized carbons (Fsp3) is 0.167. The zero-order valence-electron chi connectivity index (χ0n) is 13.9. The second kappa shape index (κ2) is 8.30. The van der Waals surface area contributed by atoms with Crippen molar-refractivity contribution in [1.82, 2.24) is 25.4 Å². The fourth-order valence-electron chi connectivity index (χ4n) is 2.40. The molecule has 0 unspecified atom stereocenters. The number of benzene rings is 2. The molecule has 0 radical (unpaired) electrons. The van der Waals surface area contributed by atoms with Crippen LogP contribution in [0.15, 0.2) is 65.9 Å². The average molecular weight is 355 g/mol. The molecule has 0 saturated heterocycles. The summed E-state index contributed by atoms with van der Waals surface area (Å²) in [5.41, 5.74) is 2.11. The molecule has 0 aliphatic rings. The highest BCUT2D eigenvalue weighted by Gasteiger charge is 2.07. The SMILES string of the molecule is CN=C(NCc1cccc(Cl)c1)NCc1nncn1-c1ccccc1. The predicted octanol–water partition coefficient (Wildman–Crippen LogP) is 2.79. The van der Waals surface area contributed by atoms with Crippen LogP contribution in [-0.2, 0) is 13.1 Å². The van der Waals surface area contributed by atoms with Crippen molar-refractivity contribution in [3.63, 3.8) is 0 Å². The van der Waals surface area contributed by atoms with E-state index in [0.29, 0.717) is 19.0 Å². The van der Waals surface area contributed by atoms with Gasteiger partial charge in [0.05, 0.1) is 6.54 Å². The number of guanidine groups is 1. The van der Waals surface area contributed by atoms with E-state index in [4.69, 9.17) is 11.6 Å². The first kappa shape index (κ1) is 17.0. The van der Waals surface area contributed by atoms with E-state index in [1.165, 1.54) is 0 Å². The number of halogens is 1. The number of hydrogen-bond donors (Lipinski definition) is 2. The van der Waals surface area contributed by atoms with Crippen LogP contribution >= 0.6 is 11.6 Å². The Kier molecular flexibility index (Phi) is 5.64. The molecule has 1 heterocycles. The van der Waals surface area contributed by atoms with Crippen molar-refractivity contribution in [2.45, 2.75) is 13.1 Å². The molecule has 0 amide bonds. The van der Waals surface area contributed by atoms with Gasteiger partial charge in [-0.1, -0.05) is 41.9 Å². The van der Waals surface area contributed by atoms with Gasteiger partial charge in [-0.15, -0.1) is 10.2 Å². The topological polar surface area (TPSA) is 67.1 Å². The number of rotatable bonds is 5. The van der Waals surface area contributed by atoms with Crippen LogP contribution in [0.3, 0.4) is 0 Å². The van der Waals surface area contributed by atoms with Crippen LogP contribution in [0, 0.1) is 0 Å². The maximum absolute atomic E-state index is 6.01. The van der Waals surface area contributed by atoms with Crippen molar-refractivity contribution in [2.24, 2.45) is 4.99 Å². The molecule has 25 heavy (non-hydrogen) atoms. The van der Waals surface area contributed by atoms with Gasteiger partial charge in [0, 0.05) is 24.3 Å². The first-order chi connectivity index (χ1) is 12.3. The summed E-state index contributed by atoms with van der Waals surface area (Å²) >= 11 is 6.01. The number of aliphatic imine (C=N–C) groups is 1. The summed E-state index contributed by atoms with van der Waals surface area (Å²) in [6, 6.07) is 17.7. The largest absolute Gasteiger partial charge is 0.352 e. The van der Waals surface area contributed by atoms with Crippen LogP contribution in [0.2, 0.25) is 5.02 Å². The second-order valence-corrected chi connectivity index (χ2v) is 5.80. The third-order valence-electron chi connectivity index (χ3n) is 3.64. The minimum atomic E-state index is 0.504. The molecule has 2 N–H and O–H groups in total. The molecule has 0 bridgehead atoms. The van der Waals surface area contributed by atoms with Gasteiger partial charge < -0.3 is 10.6 Å². The zero-order chi connectivity index (χ0) is 17.5. The van der Waals surface area contributed by atoms with E-state index in [-0.39, 0.29) is 0 Å². The van der Waals surface area contributed by atoms with Gasteiger partial charge in [0.25, 0.3) is 0 Å². The van der Waals surface area contributed by atoms with Crippen molar-refractivity contribution < 1.29 is 0 Å². The van der Waals surface area contributed by atoms with Crippen LogP contribution < -0.4 is 10.6 Å². The maximum atomic E-state index is 6.01. The molecular weight excluding hydrogens is 336 g/mol. The molecule has 6 nitrogen and oxygen atoms in total. The average Bonchev–Trinajstić information content (AvgIpc) is 3.11. The molecule has 128 valence electrons. The lowest BCUT2D eigenvalue weighted by Gasteiger charge is -2.12. The lowest BCUT2D eigenvalue weighted by molar-refractivity contribution is 0.754. The zero-order valence-corrected chi connectivity index (χ0v) is 14.6. The lowest BCUT2D eigenvalue weighted by atomic mass is 10.2. The Morgan fingerprint density at radius 1 is 1.08 bits per heavy atom. The van der Waals surface area contributed by atoms with E-state index >= 15 is 0 Å². The standard InChI is InChI=1S/C18H19ClN6/c1-20-18(21-11-14-6-5-7-15(19)10-14)22-12-17-24-23-13-25(17)16-8-3-2-4-9-16/h2-10,13H,11-12H2,1H3,(H2,20,21,22). The van der Waals surface area contributed by atoms with Crippen LogP contribution in [0.4, 0.5) is 0 Å². The Hall–Kier alpha value is -2.86. The monoisotopic (exact) mass is 354 g/mol. The highest BCUT2D eigenvalue weighted by atomic mass is 35.5. The highest BCUT2D eigenvalue weighted by molar-refractivity contribution is 6.30. The molecular formula is C18H19ClN6. The number of hydrogen-bond acceptors (Lipinski definition) is 3. The third kappa shape index (κ3) is 4.58. The third-order valence-corrected chi connectivity index (χ3v) is 3.87. The van der Waals surface area contributed by atoms with Gasteiger partial charge in [-0.3, -0.25) is 9.56 Å². The molecule has 0 atom stereocenters. The van der Waals surface area contributed by atoms with Gasteiger partial charge in [-0.05, 0) is 29.8 Å². The van der Waals surface area contributed by atoms with E-state index in [1.54, 1.807) is 13.4 Å². The quantitative estimate of drug-likeness (QED) is 0.546. The van der Waals surface area contributed by atoms with Crippen LogP contribution in [-0.4, -0.2) is 27.8 Å². The first-order valence-electron chi connectivity index (χ1n) is 7.89. The van der Waals surface area contributed by atoms with Crippen molar-refractivity contribution >= 4 is 17.6 Å². The second-order valence-electron chi connectivity index (χ2n) is 5.36. The Morgan fingerprint density at radius 2 is 1.88 bits per heavy atom. The van der Waals surface area contributed by atoms with Gasteiger partial charge in [0.2, 0.25) is 0 Å². The molecule has 0 aliphatic heterocycles. The predicted molar refractivity (Wildman–Crippen MR) is 99.8 cm³/mol. The van der Waals surface area contributed by atoms with Crippen molar-refractivity contribution in [3.8, 4) is 5.69 Å². The van der Waals surface area contributed by atoms with Crippen LogP contribution in [0.25, 0.3) is 5.69 Å². The van der Waals surface area contributed by atoms with Gasteiger partial charge >= 0.3 is 0 Å². The maximum Gasteiger partial charge on any atom is 0.191 e. The molecule has 0 spiro atoms. The van der Waals surface area contributed by atoms with Crippen LogP contribution in [0.1, 0.15) is 11.4 Å². The van der Waals surface area contributed by atoms with E-state index in [9.17, 15) is 0 Å². The van der Waals surface area contributed by atoms with E-state index in [2.05, 4.69) is 25.8 Å². The first-order valence-corrected chi connectivity index (χ1v) is 8.27. The van der Waals surface area contributed by atoms with Crippen LogP contribution in [0.5, 0.6) is 0 Å². The summed E-state index contributed by atoms with van der Waals surface area (Å²) in [6.45, 7) is 1.13. The highest BCUT2D eigenvalue weighted by Crippen LogP contribution is 2.10. The Balaban J connectivity index is 1.60. The smallest absolute Gasteiger partial charge is 0.191 e. The summed E-state index contributed by atoms with van der Waals surface area (Å²) < 4.78 is 1.94. The van der Waals surface area contributed by atoms with Crippen molar-refractivity contribution in [1.29, 1.82) is 0 Å². The van der Waals surface area contributed by atoms with E-state index < -0.39 is 0 Å². The minimum absolute atomic E-state index is 0.504. The van der Waals surface area contributed by atoms with E-state index in [0.717, 1.165) is 22.1 Å². The minimum Gasteiger partial charge on any atom is -0.352 e. The fourth-order valence-corrected chi connectivity index (χ4v) is 2.61. The Labute approximate surface area is 151 Å². The molecule has 3 rings (SSSR count). The summed E-state index contributed by atoms with van der Waals surface area (Å²) in [7, 11) is 1.73. The van der Waals surface area contributed by atoms with Gasteiger partial charge in [-0.2, -0.15) is 0 Å². The summed E-state index contributed by atoms with van der Waals surface area (Å²) in [5, 5.41) is 15.4. The lowest BCUT2D eigenvalue weighted by Crippen LogP contribution is -2.36. The van der Waals surface area contributed by atoms with E-state index in [1.807, 2.05) is 59.2 Å². The normalized spacial score (nSPS) is 11.4. The summed E-state index contributed by atoms with van der Waals surface area (Å²) in [5.74, 6) is 1.49. The summed E-state index contributed by atoms with van der Waals surface area (Å²) in [6.07, 6.45) is 1.70.